The lowest BCUT2D eigenvalue weighted by Gasteiger charge is -2.08. The molecular formula is C26H21N3O3S. The monoisotopic (exact) mass is 455 g/mol. The molecular weight excluding hydrogens is 434 g/mol. The first-order valence-corrected chi connectivity index (χ1v) is 11.9. The average molecular weight is 456 g/mol. The highest BCUT2D eigenvalue weighted by Gasteiger charge is 2.17. The number of aromatic nitrogens is 2. The van der Waals surface area contributed by atoms with Crippen LogP contribution in [0.15, 0.2) is 108 Å². The van der Waals surface area contributed by atoms with Crippen LogP contribution in [-0.2, 0) is 16.6 Å². The Labute approximate surface area is 191 Å². The van der Waals surface area contributed by atoms with Crippen LogP contribution in [0.4, 0.5) is 0 Å². The number of nitrogens with zero attached hydrogens (tertiary/aromatic N) is 2. The van der Waals surface area contributed by atoms with Gasteiger partial charge in [-0.25, -0.2) is 18.1 Å². The van der Waals surface area contributed by atoms with Gasteiger partial charge in [-0.2, -0.15) is 5.10 Å². The molecule has 33 heavy (non-hydrogen) atoms. The normalized spacial score (nSPS) is 11.5. The van der Waals surface area contributed by atoms with Crippen LogP contribution < -0.4 is 9.88 Å². The Morgan fingerprint density at radius 2 is 1.45 bits per heavy atom. The molecule has 7 heteroatoms. The molecule has 0 aliphatic heterocycles. The minimum Gasteiger partial charge on any atom is -0.489 e. The number of hydrogen-bond acceptors (Lipinski definition) is 4. The smallest absolute Gasteiger partial charge is 0.238 e. The Kier molecular flexibility index (Phi) is 5.42. The van der Waals surface area contributed by atoms with Crippen LogP contribution in [0.5, 0.6) is 5.75 Å². The lowest BCUT2D eigenvalue weighted by Crippen LogP contribution is -2.11. The fraction of sp³-hybridized carbons (Fsp3) is 0.0385. The maximum absolute atomic E-state index is 11.6. The summed E-state index contributed by atoms with van der Waals surface area (Å²) in [5.41, 5.74) is 5.53. The second-order valence-corrected chi connectivity index (χ2v) is 9.18. The van der Waals surface area contributed by atoms with Crippen LogP contribution in [0.3, 0.4) is 0 Å². The van der Waals surface area contributed by atoms with Gasteiger partial charge in [-0.15, -0.1) is 0 Å². The summed E-state index contributed by atoms with van der Waals surface area (Å²) in [6, 6.07) is 30.2. The van der Waals surface area contributed by atoms with Gasteiger partial charge in [0.25, 0.3) is 0 Å². The zero-order chi connectivity index (χ0) is 22.8. The van der Waals surface area contributed by atoms with E-state index in [1.54, 1.807) is 12.1 Å². The molecule has 0 fully saturated rings. The largest absolute Gasteiger partial charge is 0.489 e. The van der Waals surface area contributed by atoms with E-state index in [2.05, 4.69) is 0 Å². The predicted molar refractivity (Wildman–Crippen MR) is 128 cm³/mol. The molecule has 0 aliphatic rings. The molecule has 0 spiro atoms. The fourth-order valence-corrected chi connectivity index (χ4v) is 4.26. The Bertz CT molecular complexity index is 1510. The average Bonchev–Trinajstić information content (AvgIpc) is 3.23. The highest BCUT2D eigenvalue weighted by atomic mass is 32.2. The van der Waals surface area contributed by atoms with E-state index in [0.29, 0.717) is 6.61 Å². The van der Waals surface area contributed by atoms with Crippen molar-refractivity contribution in [2.24, 2.45) is 5.14 Å². The summed E-state index contributed by atoms with van der Waals surface area (Å²) in [7, 11) is -3.76. The number of ether oxygens (including phenoxy) is 1. The summed E-state index contributed by atoms with van der Waals surface area (Å²) in [4.78, 5) is 0.0662. The summed E-state index contributed by atoms with van der Waals surface area (Å²) in [5, 5.41) is 10.00. The van der Waals surface area contributed by atoms with Gasteiger partial charge in [-0.05, 0) is 47.5 Å². The van der Waals surface area contributed by atoms with Crippen LogP contribution in [0.1, 0.15) is 5.56 Å². The van der Waals surface area contributed by atoms with Crippen molar-refractivity contribution in [3.8, 4) is 28.1 Å². The van der Waals surface area contributed by atoms with Gasteiger partial charge in [0.2, 0.25) is 10.0 Å². The molecule has 0 bridgehead atoms. The molecule has 2 aromatic heterocycles. The van der Waals surface area contributed by atoms with Gasteiger partial charge in [0.05, 0.1) is 10.4 Å². The molecule has 0 atom stereocenters. The van der Waals surface area contributed by atoms with E-state index in [1.165, 1.54) is 12.1 Å². The van der Waals surface area contributed by atoms with Gasteiger partial charge in [0.1, 0.15) is 18.1 Å². The molecule has 0 unspecified atom stereocenters. The number of sulfonamides is 1. The predicted octanol–water partition coefficient (Wildman–Crippen LogP) is 4.89. The number of nitrogens with two attached hydrogens (primary N) is 1. The summed E-state index contributed by atoms with van der Waals surface area (Å²) >= 11 is 0. The minimum atomic E-state index is -3.76. The molecule has 0 aliphatic carbocycles. The first kappa shape index (κ1) is 20.9. The van der Waals surface area contributed by atoms with Crippen molar-refractivity contribution < 1.29 is 13.2 Å². The molecule has 2 N–H and O–H groups in total. The second-order valence-electron chi connectivity index (χ2n) is 7.62. The maximum Gasteiger partial charge on any atom is 0.238 e. The van der Waals surface area contributed by atoms with Crippen molar-refractivity contribution in [1.29, 1.82) is 0 Å². The highest BCUT2D eigenvalue weighted by molar-refractivity contribution is 7.89. The van der Waals surface area contributed by atoms with E-state index < -0.39 is 10.0 Å². The Balaban J connectivity index is 1.51. The van der Waals surface area contributed by atoms with Gasteiger partial charge >= 0.3 is 0 Å². The van der Waals surface area contributed by atoms with Gasteiger partial charge < -0.3 is 4.74 Å². The first-order valence-electron chi connectivity index (χ1n) is 10.4. The minimum absolute atomic E-state index is 0.0662. The number of primary sulfonamides is 1. The maximum atomic E-state index is 11.6. The number of benzene rings is 3. The van der Waals surface area contributed by atoms with Gasteiger partial charge in [-0.1, -0.05) is 60.7 Å². The van der Waals surface area contributed by atoms with Crippen LogP contribution in [0.2, 0.25) is 0 Å². The number of hydrogen-bond donors (Lipinski definition) is 1. The number of pyridine rings is 1. The lowest BCUT2D eigenvalue weighted by molar-refractivity contribution is 0.306. The Morgan fingerprint density at radius 1 is 0.788 bits per heavy atom. The van der Waals surface area contributed by atoms with Crippen molar-refractivity contribution in [3.63, 3.8) is 0 Å². The molecule has 3 aromatic carbocycles. The second kappa shape index (κ2) is 8.54. The van der Waals surface area contributed by atoms with Gasteiger partial charge in [0.15, 0.2) is 0 Å². The van der Waals surface area contributed by atoms with Gasteiger partial charge in [0, 0.05) is 17.3 Å². The molecule has 0 saturated heterocycles. The number of fused-ring (bicyclic) bond motifs is 1. The van der Waals surface area contributed by atoms with Crippen molar-refractivity contribution in [2.45, 2.75) is 11.5 Å². The van der Waals surface area contributed by atoms with E-state index >= 15 is 0 Å². The van der Waals surface area contributed by atoms with E-state index in [-0.39, 0.29) is 4.90 Å². The first-order chi connectivity index (χ1) is 16.0. The molecule has 0 saturated carbocycles. The Morgan fingerprint density at radius 3 is 2.15 bits per heavy atom. The molecule has 0 radical (unpaired) electrons. The summed E-state index contributed by atoms with van der Waals surface area (Å²) in [6.07, 6.45) is 1.89. The van der Waals surface area contributed by atoms with Crippen molar-refractivity contribution in [2.75, 3.05) is 0 Å². The molecule has 164 valence electrons. The van der Waals surface area contributed by atoms with Crippen LogP contribution >= 0.6 is 0 Å². The summed E-state index contributed by atoms with van der Waals surface area (Å²) in [6.45, 7) is 0.499. The molecule has 0 amide bonds. The molecule has 2 heterocycles. The van der Waals surface area contributed by atoms with Crippen molar-refractivity contribution in [1.82, 2.24) is 9.61 Å². The van der Waals surface area contributed by atoms with Crippen molar-refractivity contribution in [3.05, 3.63) is 109 Å². The highest BCUT2D eigenvalue weighted by Crippen LogP contribution is 2.36. The molecule has 6 nitrogen and oxygen atoms in total. The summed E-state index contributed by atoms with van der Waals surface area (Å²) in [5.74, 6) is 0.776. The third-order valence-electron chi connectivity index (χ3n) is 5.39. The standard InChI is InChI=1S/C26H21N3O3S/c27-33(30,31)23-15-11-21(12-16-23)26-25(24-8-4-5-17-29(24)28-26)20-9-13-22(14-10-20)32-18-19-6-2-1-3-7-19/h1-17H,18H2,(H2,27,30,31). The number of rotatable bonds is 6. The molecule has 5 rings (SSSR count). The lowest BCUT2D eigenvalue weighted by atomic mass is 10.00. The summed E-state index contributed by atoms with van der Waals surface area (Å²) < 4.78 is 31.0. The van der Waals surface area contributed by atoms with E-state index in [0.717, 1.165) is 39.2 Å². The van der Waals surface area contributed by atoms with Crippen LogP contribution in [-0.4, -0.2) is 18.0 Å². The van der Waals surface area contributed by atoms with E-state index in [4.69, 9.17) is 15.0 Å². The zero-order valence-corrected chi connectivity index (χ0v) is 18.4. The topological polar surface area (TPSA) is 86.7 Å². The molecule has 5 aromatic rings. The quantitative estimate of drug-likeness (QED) is 0.395. The van der Waals surface area contributed by atoms with Crippen LogP contribution in [0.25, 0.3) is 27.9 Å². The van der Waals surface area contributed by atoms with E-state index in [9.17, 15) is 8.42 Å². The Hall–Kier alpha value is -3.94. The third-order valence-corrected chi connectivity index (χ3v) is 6.32. The zero-order valence-electron chi connectivity index (χ0n) is 17.6. The van der Waals surface area contributed by atoms with Crippen LogP contribution in [0, 0.1) is 0 Å². The SMILES string of the molecule is NS(=O)(=O)c1ccc(-c2nn3ccccc3c2-c2ccc(OCc3ccccc3)cc2)cc1. The fourth-order valence-electron chi connectivity index (χ4n) is 3.75. The van der Waals surface area contributed by atoms with Crippen molar-refractivity contribution >= 4 is 15.5 Å². The van der Waals surface area contributed by atoms with E-state index in [1.807, 2.05) is 83.5 Å². The third kappa shape index (κ3) is 4.37. The van der Waals surface area contributed by atoms with Gasteiger partial charge in [-0.3, -0.25) is 0 Å².